The quantitative estimate of drug-likeness (QED) is 0.367. The molecule has 0 saturated carbocycles. The maximum Gasteiger partial charge on any atom is 0.260 e. The molecule has 39 heavy (non-hydrogen) atoms. The first-order valence-corrected chi connectivity index (χ1v) is 14.5. The Morgan fingerprint density at radius 1 is 1.05 bits per heavy atom. The van der Waals surface area contributed by atoms with Gasteiger partial charge in [-0.05, 0) is 52.2 Å². The molecule has 10 nitrogen and oxygen atoms in total. The maximum absolute atomic E-state index is 13.7. The van der Waals surface area contributed by atoms with Crippen LogP contribution in [0.5, 0.6) is 11.5 Å². The van der Waals surface area contributed by atoms with Crippen molar-refractivity contribution in [3.8, 4) is 11.5 Å². The van der Waals surface area contributed by atoms with Crippen LogP contribution in [0.15, 0.2) is 41.3 Å². The van der Waals surface area contributed by atoms with E-state index in [-0.39, 0.29) is 35.4 Å². The molecule has 1 amide bonds. The average Bonchev–Trinajstić information content (AvgIpc) is 3.29. The minimum absolute atomic E-state index is 0. The number of carbonyl (C=O) groups excluding carboxylic acids is 1. The Kier molecular flexibility index (Phi) is 10.2. The Balaban J connectivity index is 0.00000420. The molecule has 2 heterocycles. The molecule has 0 radical (unpaired) electrons. The number of nitrogens with zero attached hydrogens (tertiary/aromatic N) is 4. The minimum Gasteiger partial charge on any atom is -0.493 e. The van der Waals surface area contributed by atoms with Gasteiger partial charge in [0, 0.05) is 43.9 Å². The first kappa shape index (κ1) is 31.1. The number of amides is 1. The van der Waals surface area contributed by atoms with Gasteiger partial charge in [-0.2, -0.15) is 4.31 Å². The van der Waals surface area contributed by atoms with Crippen LogP contribution in [-0.4, -0.2) is 95.2 Å². The van der Waals surface area contributed by atoms with Gasteiger partial charge in [0.2, 0.25) is 10.0 Å². The van der Waals surface area contributed by atoms with Crippen molar-refractivity contribution in [2.45, 2.75) is 31.0 Å². The van der Waals surface area contributed by atoms with Gasteiger partial charge in [-0.1, -0.05) is 11.3 Å². The van der Waals surface area contributed by atoms with Gasteiger partial charge in [-0.15, -0.1) is 12.4 Å². The predicted octanol–water partition coefficient (Wildman–Crippen LogP) is 3.74. The monoisotopic (exact) mass is 598 g/mol. The number of ether oxygens (including phenoxy) is 3. The highest BCUT2D eigenvalue weighted by Gasteiger charge is 2.32. The zero-order chi connectivity index (χ0) is 27.6. The van der Waals surface area contributed by atoms with Gasteiger partial charge in [0.1, 0.15) is 0 Å². The molecule has 0 spiro atoms. The maximum atomic E-state index is 13.7. The van der Waals surface area contributed by atoms with E-state index in [1.807, 2.05) is 38.9 Å². The summed E-state index contributed by atoms with van der Waals surface area (Å²) in [6.07, 6.45) is -0.373. The zero-order valence-corrected chi connectivity index (χ0v) is 25.4. The number of likely N-dealkylation sites (N-methyl/N-ethyl adjacent to an activating group) is 1. The normalized spacial score (nSPS) is 18.1. The molecular formula is C26H35ClN4O6S2. The summed E-state index contributed by atoms with van der Waals surface area (Å²) >= 11 is 1.38. The number of morpholine rings is 1. The Morgan fingerprint density at radius 3 is 2.21 bits per heavy atom. The molecule has 4 rings (SSSR count). The SMILES string of the molecule is COc1cc2nc(N(CCN(C)C)C(=O)c3ccc(S(=O)(=O)N4CC(C)OC(C)C4)cc3)sc2cc1OC.Cl. The number of methoxy groups -OCH3 is 2. The molecule has 2 aromatic carbocycles. The van der Waals surface area contributed by atoms with Gasteiger partial charge in [-0.3, -0.25) is 9.69 Å². The molecule has 1 aromatic heterocycles. The van der Waals surface area contributed by atoms with Crippen molar-refractivity contribution in [1.82, 2.24) is 14.2 Å². The van der Waals surface area contributed by atoms with Gasteiger partial charge in [0.25, 0.3) is 5.91 Å². The molecule has 1 saturated heterocycles. The molecule has 1 aliphatic rings. The highest BCUT2D eigenvalue weighted by Crippen LogP contribution is 2.37. The van der Waals surface area contributed by atoms with E-state index < -0.39 is 10.0 Å². The number of aromatic nitrogens is 1. The molecule has 2 atom stereocenters. The second kappa shape index (κ2) is 12.8. The molecule has 13 heteroatoms. The molecule has 3 aromatic rings. The van der Waals surface area contributed by atoms with Crippen molar-refractivity contribution in [3.05, 3.63) is 42.0 Å². The summed E-state index contributed by atoms with van der Waals surface area (Å²) in [4.78, 5) is 22.1. The van der Waals surface area contributed by atoms with Crippen molar-refractivity contribution >= 4 is 55.0 Å². The first-order valence-electron chi connectivity index (χ1n) is 12.3. The second-order valence-electron chi connectivity index (χ2n) is 9.54. The van der Waals surface area contributed by atoms with Gasteiger partial charge in [0.15, 0.2) is 16.6 Å². The third-order valence-electron chi connectivity index (χ3n) is 6.25. The van der Waals surface area contributed by atoms with Crippen molar-refractivity contribution in [1.29, 1.82) is 0 Å². The Bertz CT molecular complexity index is 1350. The van der Waals surface area contributed by atoms with Gasteiger partial charge in [-0.25, -0.2) is 13.4 Å². The smallest absolute Gasteiger partial charge is 0.260 e. The summed E-state index contributed by atoms with van der Waals surface area (Å²) in [6, 6.07) is 9.74. The van der Waals surface area contributed by atoms with E-state index in [0.717, 1.165) is 4.70 Å². The van der Waals surface area contributed by atoms with Crippen LogP contribution in [0.3, 0.4) is 0 Å². The molecule has 1 fully saturated rings. The molecule has 0 aliphatic carbocycles. The van der Waals surface area contributed by atoms with Crippen LogP contribution in [0.1, 0.15) is 24.2 Å². The molecule has 1 aliphatic heterocycles. The molecular weight excluding hydrogens is 564 g/mol. The van der Waals surface area contributed by atoms with Gasteiger partial charge in [0.05, 0.1) is 41.5 Å². The van der Waals surface area contributed by atoms with E-state index in [1.54, 1.807) is 37.3 Å². The number of anilines is 1. The van der Waals surface area contributed by atoms with E-state index in [1.165, 1.54) is 27.8 Å². The number of sulfonamides is 1. The Morgan fingerprint density at radius 2 is 1.64 bits per heavy atom. The van der Waals surface area contributed by atoms with Crippen molar-refractivity contribution in [2.75, 3.05) is 59.4 Å². The summed E-state index contributed by atoms with van der Waals surface area (Å²) < 4.78 is 45.3. The van der Waals surface area contributed by atoms with Crippen molar-refractivity contribution in [2.24, 2.45) is 0 Å². The van der Waals surface area contributed by atoms with E-state index in [4.69, 9.17) is 19.2 Å². The number of thiazole rings is 1. The van der Waals surface area contributed by atoms with E-state index in [2.05, 4.69) is 0 Å². The summed E-state index contributed by atoms with van der Waals surface area (Å²) in [7, 11) is 3.30. The number of rotatable bonds is 9. The van der Waals surface area contributed by atoms with E-state index >= 15 is 0 Å². The highest BCUT2D eigenvalue weighted by molar-refractivity contribution is 7.89. The lowest BCUT2D eigenvalue weighted by atomic mass is 10.2. The molecule has 0 N–H and O–H groups in total. The number of fused-ring (bicyclic) bond motifs is 1. The van der Waals surface area contributed by atoms with E-state index in [9.17, 15) is 13.2 Å². The van der Waals surface area contributed by atoms with Gasteiger partial charge < -0.3 is 19.1 Å². The third-order valence-corrected chi connectivity index (χ3v) is 9.14. The standard InChI is InChI=1S/C26H34N4O6S2.ClH/c1-17-15-29(16-18(2)36-17)38(32,33)20-9-7-19(8-10-20)25(31)30(12-11-28(3)4)26-27-21-13-22(34-5)23(35-6)14-24(21)37-26;/h7-10,13-14,17-18H,11-12,15-16H2,1-6H3;1H. The summed E-state index contributed by atoms with van der Waals surface area (Å²) in [5, 5.41) is 0.537. The minimum atomic E-state index is -3.71. The van der Waals surface area contributed by atoms with Crippen LogP contribution < -0.4 is 14.4 Å². The molecule has 0 bridgehead atoms. The van der Waals surface area contributed by atoms with Crippen LogP contribution in [0.2, 0.25) is 0 Å². The fourth-order valence-electron chi connectivity index (χ4n) is 4.34. The third kappa shape index (κ3) is 6.82. The fraction of sp³-hybridized carbons (Fsp3) is 0.462. The Labute approximate surface area is 239 Å². The van der Waals surface area contributed by atoms with Crippen molar-refractivity contribution < 1.29 is 27.4 Å². The lowest BCUT2D eigenvalue weighted by molar-refractivity contribution is -0.0440. The zero-order valence-electron chi connectivity index (χ0n) is 22.9. The molecule has 214 valence electrons. The second-order valence-corrected chi connectivity index (χ2v) is 12.5. The summed E-state index contributed by atoms with van der Waals surface area (Å²) in [5.74, 6) is 0.883. The van der Waals surface area contributed by atoms with Crippen LogP contribution in [-0.2, 0) is 14.8 Å². The number of benzene rings is 2. The van der Waals surface area contributed by atoms with Crippen LogP contribution in [0, 0.1) is 0 Å². The lowest BCUT2D eigenvalue weighted by Crippen LogP contribution is -2.48. The number of hydrogen-bond acceptors (Lipinski definition) is 9. The summed E-state index contributed by atoms with van der Waals surface area (Å²) in [6.45, 7) is 5.32. The van der Waals surface area contributed by atoms with Crippen LogP contribution in [0.4, 0.5) is 5.13 Å². The highest BCUT2D eigenvalue weighted by atomic mass is 35.5. The summed E-state index contributed by atoms with van der Waals surface area (Å²) in [5.41, 5.74) is 1.07. The Hall–Kier alpha value is -2.48. The molecule has 2 unspecified atom stereocenters. The van der Waals surface area contributed by atoms with Crippen LogP contribution >= 0.6 is 23.7 Å². The number of hydrogen-bond donors (Lipinski definition) is 0. The number of halogens is 1. The van der Waals surface area contributed by atoms with E-state index in [0.29, 0.717) is 53.9 Å². The topological polar surface area (TPSA) is 102 Å². The average molecular weight is 599 g/mol. The van der Waals surface area contributed by atoms with Crippen LogP contribution in [0.25, 0.3) is 10.2 Å². The largest absolute Gasteiger partial charge is 0.493 e. The number of carbonyl (C=O) groups is 1. The van der Waals surface area contributed by atoms with Crippen molar-refractivity contribution in [3.63, 3.8) is 0 Å². The first-order chi connectivity index (χ1) is 18.0. The fourth-order valence-corrected chi connectivity index (χ4v) is 6.93. The lowest BCUT2D eigenvalue weighted by Gasteiger charge is -2.34. The predicted molar refractivity (Wildman–Crippen MR) is 155 cm³/mol. The van der Waals surface area contributed by atoms with Gasteiger partial charge >= 0.3 is 0 Å².